The number of rotatable bonds is 10. The van der Waals surface area contributed by atoms with Gasteiger partial charge in [0.05, 0.1) is 12.7 Å². The molecule has 0 aromatic carbocycles. The Morgan fingerprint density at radius 2 is 1.93 bits per heavy atom. The Balaban J connectivity index is 3.02. The number of aliphatic hydroxyl groups excluding tert-OH is 2. The Morgan fingerprint density at radius 3 is 2.57 bits per heavy atom. The summed E-state index contributed by atoms with van der Waals surface area (Å²) in [5, 5.41) is 17.8. The predicted octanol–water partition coefficient (Wildman–Crippen LogP) is 1.26. The Bertz CT molecular complexity index is 108. The molecule has 0 aliphatic heterocycles. The summed E-state index contributed by atoms with van der Waals surface area (Å²) in [6.07, 6.45) is 3.89. The molecule has 2 N–H and O–H groups in total. The average molecular weight is 206 g/mol. The van der Waals surface area contributed by atoms with Crippen LogP contribution in [0.25, 0.3) is 0 Å². The number of hydrogen-bond donors (Lipinski definition) is 2. The molecule has 1 atom stereocenters. The summed E-state index contributed by atoms with van der Waals surface area (Å²) in [5.74, 6) is 0. The van der Waals surface area contributed by atoms with Crippen molar-refractivity contribution in [3.63, 3.8) is 0 Å². The van der Waals surface area contributed by atoms with Gasteiger partial charge in [-0.25, -0.2) is 9.78 Å². The number of aliphatic hydroxyl groups is 2. The topological polar surface area (TPSA) is 58.9 Å². The molecule has 0 radical (unpaired) electrons. The van der Waals surface area contributed by atoms with Gasteiger partial charge >= 0.3 is 0 Å². The van der Waals surface area contributed by atoms with E-state index in [1.54, 1.807) is 0 Å². The van der Waals surface area contributed by atoms with Crippen molar-refractivity contribution in [2.75, 3.05) is 19.8 Å². The lowest BCUT2D eigenvalue weighted by molar-refractivity contribution is -0.305. The predicted molar refractivity (Wildman–Crippen MR) is 53.8 cm³/mol. The minimum Gasteiger partial charge on any atom is -0.396 e. The zero-order valence-electron chi connectivity index (χ0n) is 8.95. The zero-order chi connectivity index (χ0) is 10.6. The highest BCUT2D eigenvalue weighted by atomic mass is 17.2. The van der Waals surface area contributed by atoms with Gasteiger partial charge in [0.15, 0.2) is 0 Å². The van der Waals surface area contributed by atoms with Crippen LogP contribution in [0.1, 0.15) is 39.0 Å². The molecule has 0 aliphatic rings. The van der Waals surface area contributed by atoms with E-state index >= 15 is 0 Å². The van der Waals surface area contributed by atoms with Crippen LogP contribution in [0.15, 0.2) is 0 Å². The SMILES string of the molecule is CCCCCOOC[C@@H](O)CCCO. The molecular weight excluding hydrogens is 184 g/mol. The summed E-state index contributed by atoms with van der Waals surface area (Å²) in [6, 6.07) is 0. The third kappa shape index (κ3) is 9.92. The largest absolute Gasteiger partial charge is 0.396 e. The molecule has 0 aliphatic carbocycles. The maximum absolute atomic E-state index is 9.27. The minimum absolute atomic E-state index is 0.106. The smallest absolute Gasteiger partial charge is 0.108 e. The van der Waals surface area contributed by atoms with Crippen molar-refractivity contribution in [3.8, 4) is 0 Å². The van der Waals surface area contributed by atoms with Crippen LogP contribution >= 0.6 is 0 Å². The van der Waals surface area contributed by atoms with Gasteiger partial charge < -0.3 is 10.2 Å². The van der Waals surface area contributed by atoms with Crippen molar-refractivity contribution in [1.29, 1.82) is 0 Å². The van der Waals surface area contributed by atoms with Crippen molar-refractivity contribution >= 4 is 0 Å². The average Bonchev–Trinajstić information content (AvgIpc) is 2.20. The summed E-state index contributed by atoms with van der Waals surface area (Å²) in [6.45, 7) is 3.00. The second-order valence-electron chi connectivity index (χ2n) is 3.33. The lowest BCUT2D eigenvalue weighted by atomic mass is 10.2. The maximum Gasteiger partial charge on any atom is 0.108 e. The first-order valence-corrected chi connectivity index (χ1v) is 5.34. The first-order valence-electron chi connectivity index (χ1n) is 5.34. The van der Waals surface area contributed by atoms with Gasteiger partial charge in [0.1, 0.15) is 6.61 Å². The van der Waals surface area contributed by atoms with E-state index in [4.69, 9.17) is 14.9 Å². The summed E-state index contributed by atoms with van der Waals surface area (Å²) in [5.41, 5.74) is 0. The van der Waals surface area contributed by atoms with Crippen LogP contribution in [0.4, 0.5) is 0 Å². The van der Waals surface area contributed by atoms with Crippen molar-refractivity contribution in [2.24, 2.45) is 0 Å². The molecule has 4 nitrogen and oxygen atoms in total. The van der Waals surface area contributed by atoms with Gasteiger partial charge in [0.25, 0.3) is 0 Å². The third-order valence-electron chi connectivity index (χ3n) is 1.87. The molecule has 0 aromatic rings. The van der Waals surface area contributed by atoms with E-state index in [1.807, 2.05) is 0 Å². The molecule has 0 saturated heterocycles. The first kappa shape index (κ1) is 13.8. The van der Waals surface area contributed by atoms with Gasteiger partial charge in [0, 0.05) is 6.61 Å². The second-order valence-corrected chi connectivity index (χ2v) is 3.33. The van der Waals surface area contributed by atoms with E-state index in [-0.39, 0.29) is 13.2 Å². The summed E-state index contributed by atoms with van der Waals surface area (Å²) in [7, 11) is 0. The third-order valence-corrected chi connectivity index (χ3v) is 1.87. The van der Waals surface area contributed by atoms with Crippen LogP contribution in [0, 0.1) is 0 Å². The fraction of sp³-hybridized carbons (Fsp3) is 1.00. The van der Waals surface area contributed by atoms with Crippen LogP contribution in [0.5, 0.6) is 0 Å². The second kappa shape index (κ2) is 10.9. The van der Waals surface area contributed by atoms with Crippen LogP contribution < -0.4 is 0 Å². The van der Waals surface area contributed by atoms with Gasteiger partial charge in [-0.3, -0.25) is 0 Å². The van der Waals surface area contributed by atoms with E-state index < -0.39 is 6.10 Å². The summed E-state index contributed by atoms with van der Waals surface area (Å²) in [4.78, 5) is 9.67. The van der Waals surface area contributed by atoms with Crippen LogP contribution in [-0.4, -0.2) is 36.1 Å². The lowest BCUT2D eigenvalue weighted by Gasteiger charge is -2.09. The van der Waals surface area contributed by atoms with Crippen LogP contribution in [0.2, 0.25) is 0 Å². The standard InChI is InChI=1S/C10H22O4/c1-2-3-4-8-13-14-9-10(12)6-5-7-11/h10-12H,2-9H2,1H3/t10-/m0/s1. The molecule has 0 spiro atoms. The van der Waals surface area contributed by atoms with Crippen molar-refractivity contribution in [1.82, 2.24) is 0 Å². The van der Waals surface area contributed by atoms with Crippen molar-refractivity contribution < 1.29 is 20.0 Å². The fourth-order valence-electron chi connectivity index (χ4n) is 1.01. The Kier molecular flexibility index (Phi) is 10.8. The van der Waals surface area contributed by atoms with Gasteiger partial charge in [0.2, 0.25) is 0 Å². The Morgan fingerprint density at radius 1 is 1.14 bits per heavy atom. The molecule has 0 aromatic heterocycles. The van der Waals surface area contributed by atoms with E-state index in [0.29, 0.717) is 19.4 Å². The fourth-order valence-corrected chi connectivity index (χ4v) is 1.01. The number of hydrogen-bond acceptors (Lipinski definition) is 4. The normalized spacial score (nSPS) is 13.1. The molecule has 0 saturated carbocycles. The van der Waals surface area contributed by atoms with Gasteiger partial charge in [-0.05, 0) is 19.3 Å². The molecule has 0 unspecified atom stereocenters. The molecule has 0 amide bonds. The molecule has 4 heteroatoms. The monoisotopic (exact) mass is 206 g/mol. The summed E-state index contributed by atoms with van der Waals surface area (Å²) >= 11 is 0. The highest BCUT2D eigenvalue weighted by Gasteiger charge is 2.03. The zero-order valence-corrected chi connectivity index (χ0v) is 8.95. The molecule has 14 heavy (non-hydrogen) atoms. The van der Waals surface area contributed by atoms with E-state index in [1.165, 1.54) is 0 Å². The van der Waals surface area contributed by atoms with Crippen LogP contribution in [-0.2, 0) is 9.78 Å². The van der Waals surface area contributed by atoms with Crippen molar-refractivity contribution in [2.45, 2.75) is 45.1 Å². The molecule has 0 heterocycles. The maximum atomic E-state index is 9.27. The Hall–Kier alpha value is -0.160. The van der Waals surface area contributed by atoms with E-state index in [9.17, 15) is 5.11 Å². The van der Waals surface area contributed by atoms with E-state index in [2.05, 4.69) is 6.92 Å². The molecule has 0 bridgehead atoms. The highest BCUT2D eigenvalue weighted by molar-refractivity contribution is 4.51. The first-order chi connectivity index (χ1) is 6.81. The van der Waals surface area contributed by atoms with Gasteiger partial charge in [-0.15, -0.1) is 0 Å². The summed E-state index contributed by atoms with van der Waals surface area (Å²) < 4.78 is 0. The van der Waals surface area contributed by atoms with Gasteiger partial charge in [-0.2, -0.15) is 0 Å². The molecule has 86 valence electrons. The highest BCUT2D eigenvalue weighted by Crippen LogP contribution is 1.99. The Labute approximate surface area is 85.8 Å². The van der Waals surface area contributed by atoms with Gasteiger partial charge in [-0.1, -0.05) is 19.8 Å². The molecular formula is C10H22O4. The lowest BCUT2D eigenvalue weighted by Crippen LogP contribution is -2.16. The molecule has 0 fully saturated rings. The van der Waals surface area contributed by atoms with E-state index in [0.717, 1.165) is 19.3 Å². The molecule has 0 rings (SSSR count). The quantitative estimate of drug-likeness (QED) is 0.321. The number of unbranched alkanes of at least 4 members (excludes halogenated alkanes) is 2. The van der Waals surface area contributed by atoms with Crippen LogP contribution in [0.3, 0.4) is 0 Å². The minimum atomic E-state index is -0.534. The van der Waals surface area contributed by atoms with Crippen molar-refractivity contribution in [3.05, 3.63) is 0 Å².